The highest BCUT2D eigenvalue weighted by atomic mass is 16.3. The van der Waals surface area contributed by atoms with E-state index in [4.69, 9.17) is 0 Å². The Kier molecular flexibility index (Phi) is 6.47. The van der Waals surface area contributed by atoms with Gasteiger partial charge in [-0.25, -0.2) is 0 Å². The first-order chi connectivity index (χ1) is 13.5. The normalized spacial score (nSPS) is 17.6. The van der Waals surface area contributed by atoms with E-state index in [1.165, 1.54) is 10.5 Å². The van der Waals surface area contributed by atoms with Crippen LogP contribution in [0.3, 0.4) is 0 Å². The summed E-state index contributed by atoms with van der Waals surface area (Å²) in [4.78, 5) is 26.5. The van der Waals surface area contributed by atoms with Gasteiger partial charge in [-0.2, -0.15) is 0 Å². The summed E-state index contributed by atoms with van der Waals surface area (Å²) in [6.45, 7) is 4.25. The summed E-state index contributed by atoms with van der Waals surface area (Å²) in [5.74, 6) is -0.133. The fourth-order valence-electron chi connectivity index (χ4n) is 3.75. The van der Waals surface area contributed by atoms with Crippen molar-refractivity contribution in [2.24, 2.45) is 0 Å². The van der Waals surface area contributed by atoms with E-state index in [0.29, 0.717) is 18.9 Å². The lowest BCUT2D eigenvalue weighted by atomic mass is 9.95. The van der Waals surface area contributed by atoms with E-state index in [1.807, 2.05) is 30.3 Å². The quantitative estimate of drug-likeness (QED) is 0.809. The molecule has 2 atom stereocenters. The predicted molar refractivity (Wildman–Crippen MR) is 109 cm³/mol. The van der Waals surface area contributed by atoms with E-state index in [0.717, 1.165) is 17.5 Å². The van der Waals surface area contributed by atoms with Crippen LogP contribution in [0.1, 0.15) is 55.3 Å². The topological polar surface area (TPSA) is 69.6 Å². The largest absolute Gasteiger partial charge is 0.387 e. The molecule has 1 aliphatic heterocycles. The zero-order chi connectivity index (χ0) is 20.1. The number of hydrogen-bond acceptors (Lipinski definition) is 3. The summed E-state index contributed by atoms with van der Waals surface area (Å²) in [6.07, 6.45) is 1.38. The van der Waals surface area contributed by atoms with Gasteiger partial charge in [-0.15, -0.1) is 0 Å². The van der Waals surface area contributed by atoms with Gasteiger partial charge in [0.15, 0.2) is 0 Å². The van der Waals surface area contributed by atoms with E-state index in [9.17, 15) is 14.7 Å². The van der Waals surface area contributed by atoms with Crippen molar-refractivity contribution < 1.29 is 14.7 Å². The zero-order valence-electron chi connectivity index (χ0n) is 16.5. The van der Waals surface area contributed by atoms with E-state index in [-0.39, 0.29) is 11.9 Å². The van der Waals surface area contributed by atoms with Crippen LogP contribution in [0, 0.1) is 0 Å². The second kappa shape index (κ2) is 9.02. The highest BCUT2D eigenvalue weighted by molar-refractivity contribution is 5.89. The van der Waals surface area contributed by atoms with Crippen LogP contribution in [0.5, 0.6) is 0 Å². The van der Waals surface area contributed by atoms with Crippen LogP contribution in [0.4, 0.5) is 0 Å². The smallest absolute Gasteiger partial charge is 0.248 e. The van der Waals surface area contributed by atoms with Gasteiger partial charge in [-0.1, -0.05) is 68.4 Å². The third kappa shape index (κ3) is 4.42. The molecule has 0 saturated carbocycles. The number of aliphatic hydroxyl groups is 1. The molecule has 1 saturated heterocycles. The van der Waals surface area contributed by atoms with E-state index in [1.54, 1.807) is 0 Å². The van der Waals surface area contributed by atoms with Gasteiger partial charge in [0.2, 0.25) is 11.8 Å². The number of amides is 2. The van der Waals surface area contributed by atoms with Crippen LogP contribution in [0.2, 0.25) is 0 Å². The molecule has 5 heteroatoms. The van der Waals surface area contributed by atoms with Gasteiger partial charge in [0.05, 0.1) is 6.04 Å². The van der Waals surface area contributed by atoms with E-state index >= 15 is 0 Å². The molecule has 0 aliphatic carbocycles. The Morgan fingerprint density at radius 1 is 1.04 bits per heavy atom. The monoisotopic (exact) mass is 380 g/mol. The third-order valence-electron chi connectivity index (χ3n) is 5.37. The first-order valence-electron chi connectivity index (χ1n) is 9.86. The molecule has 0 bridgehead atoms. The SMILES string of the molecule is CC(C)c1ccc(C(NC(=O)C2CCCN2C(=O)CO)c2ccccc2)cc1. The maximum Gasteiger partial charge on any atom is 0.248 e. The number of rotatable bonds is 6. The second-order valence-corrected chi connectivity index (χ2v) is 7.58. The molecule has 0 spiro atoms. The van der Waals surface area contributed by atoms with Gasteiger partial charge in [0, 0.05) is 6.54 Å². The minimum absolute atomic E-state index is 0.180. The summed E-state index contributed by atoms with van der Waals surface area (Å²) < 4.78 is 0. The molecule has 3 rings (SSSR count). The average molecular weight is 380 g/mol. The average Bonchev–Trinajstić information content (AvgIpc) is 3.22. The molecule has 0 aromatic heterocycles. The molecule has 28 heavy (non-hydrogen) atoms. The number of likely N-dealkylation sites (tertiary alicyclic amines) is 1. The lowest BCUT2D eigenvalue weighted by Crippen LogP contribution is -2.47. The number of benzene rings is 2. The molecule has 0 radical (unpaired) electrons. The number of carbonyl (C=O) groups excluding carboxylic acids is 2. The van der Waals surface area contributed by atoms with Crippen LogP contribution >= 0.6 is 0 Å². The Labute approximate surface area is 166 Å². The molecule has 1 heterocycles. The molecule has 1 fully saturated rings. The maximum absolute atomic E-state index is 13.0. The van der Waals surface area contributed by atoms with Gasteiger partial charge < -0.3 is 15.3 Å². The lowest BCUT2D eigenvalue weighted by molar-refractivity contribution is -0.140. The Morgan fingerprint density at radius 2 is 1.64 bits per heavy atom. The minimum atomic E-state index is -0.567. The molecule has 2 aromatic carbocycles. The molecule has 5 nitrogen and oxygen atoms in total. The summed E-state index contributed by atoms with van der Waals surface area (Å²) in [7, 11) is 0. The first-order valence-corrected chi connectivity index (χ1v) is 9.86. The van der Waals surface area contributed by atoms with Crippen molar-refractivity contribution >= 4 is 11.8 Å². The summed E-state index contributed by atoms with van der Waals surface area (Å²) in [5, 5.41) is 12.3. The zero-order valence-corrected chi connectivity index (χ0v) is 16.5. The maximum atomic E-state index is 13.0. The van der Waals surface area contributed by atoms with Crippen LogP contribution < -0.4 is 5.32 Å². The fourth-order valence-corrected chi connectivity index (χ4v) is 3.75. The van der Waals surface area contributed by atoms with Gasteiger partial charge in [-0.05, 0) is 35.4 Å². The molecular weight excluding hydrogens is 352 g/mol. The van der Waals surface area contributed by atoms with Gasteiger partial charge in [0.1, 0.15) is 12.6 Å². The Balaban J connectivity index is 1.85. The van der Waals surface area contributed by atoms with Crippen molar-refractivity contribution in [1.29, 1.82) is 0 Å². The van der Waals surface area contributed by atoms with Crippen molar-refractivity contribution in [3.05, 3.63) is 71.3 Å². The third-order valence-corrected chi connectivity index (χ3v) is 5.37. The minimum Gasteiger partial charge on any atom is -0.387 e. The molecule has 1 aliphatic rings. The van der Waals surface area contributed by atoms with Gasteiger partial charge in [0.25, 0.3) is 0 Å². The number of hydrogen-bond donors (Lipinski definition) is 2. The van der Waals surface area contributed by atoms with Crippen LogP contribution in [-0.2, 0) is 9.59 Å². The molecular formula is C23H28N2O3. The van der Waals surface area contributed by atoms with Crippen LogP contribution in [-0.4, -0.2) is 41.0 Å². The van der Waals surface area contributed by atoms with Crippen molar-refractivity contribution in [3.8, 4) is 0 Å². The van der Waals surface area contributed by atoms with Gasteiger partial charge >= 0.3 is 0 Å². The van der Waals surface area contributed by atoms with Gasteiger partial charge in [-0.3, -0.25) is 9.59 Å². The Bertz CT molecular complexity index is 802. The van der Waals surface area contributed by atoms with E-state index < -0.39 is 18.6 Å². The lowest BCUT2D eigenvalue weighted by Gasteiger charge is -2.27. The molecule has 2 amide bonds. The fraction of sp³-hybridized carbons (Fsp3) is 0.391. The molecule has 2 N–H and O–H groups in total. The summed E-state index contributed by atoms with van der Waals surface area (Å²) >= 11 is 0. The second-order valence-electron chi connectivity index (χ2n) is 7.58. The van der Waals surface area contributed by atoms with Crippen molar-refractivity contribution in [2.75, 3.05) is 13.2 Å². The Morgan fingerprint density at radius 3 is 2.25 bits per heavy atom. The van der Waals surface area contributed by atoms with Crippen LogP contribution in [0.15, 0.2) is 54.6 Å². The predicted octanol–water partition coefficient (Wildman–Crippen LogP) is 3.00. The summed E-state index contributed by atoms with van der Waals surface area (Å²) in [6, 6.07) is 17.3. The molecule has 2 aromatic rings. The number of aliphatic hydroxyl groups excluding tert-OH is 1. The molecule has 148 valence electrons. The van der Waals surface area contributed by atoms with Crippen molar-refractivity contribution in [1.82, 2.24) is 10.2 Å². The number of nitrogens with zero attached hydrogens (tertiary/aromatic N) is 1. The standard InChI is InChI=1S/C23H28N2O3/c1-16(2)17-10-12-19(13-11-17)22(18-7-4-3-5-8-18)24-23(28)20-9-6-14-25(20)21(27)15-26/h3-5,7-8,10-13,16,20,22,26H,6,9,14-15H2,1-2H3,(H,24,28). The van der Waals surface area contributed by atoms with Crippen LogP contribution in [0.25, 0.3) is 0 Å². The highest BCUT2D eigenvalue weighted by Gasteiger charge is 2.34. The molecule has 2 unspecified atom stereocenters. The number of carbonyl (C=O) groups is 2. The Hall–Kier alpha value is -2.66. The summed E-state index contributed by atoms with van der Waals surface area (Å²) in [5.41, 5.74) is 3.24. The van der Waals surface area contributed by atoms with E-state index in [2.05, 4.69) is 43.4 Å². The number of nitrogens with one attached hydrogen (secondary N) is 1. The van der Waals surface area contributed by atoms with Crippen molar-refractivity contribution in [2.45, 2.75) is 44.7 Å². The first kappa shape index (κ1) is 20.1. The van der Waals surface area contributed by atoms with Crippen molar-refractivity contribution in [3.63, 3.8) is 0 Å². The highest BCUT2D eigenvalue weighted by Crippen LogP contribution is 2.26.